The molecule has 3 atom stereocenters. The van der Waals surface area contributed by atoms with E-state index < -0.39 is 6.10 Å². The van der Waals surface area contributed by atoms with Gasteiger partial charge in [-0.25, -0.2) is 9.97 Å². The van der Waals surface area contributed by atoms with Crippen molar-refractivity contribution >= 4 is 44.1 Å². The van der Waals surface area contributed by atoms with Crippen LogP contribution in [0, 0.1) is 30.1 Å². The maximum atomic E-state index is 9.80. The Kier molecular flexibility index (Phi) is 9.91. The molecule has 5 heterocycles. The lowest BCUT2D eigenvalue weighted by molar-refractivity contribution is -0.248. The Morgan fingerprint density at radius 1 is 0.982 bits per heavy atom. The lowest BCUT2D eigenvalue weighted by atomic mass is 9.39. The number of hydrogen-bond acceptors (Lipinski definition) is 12. The molecule has 5 aromatic rings. The van der Waals surface area contributed by atoms with Crippen LogP contribution < -0.4 is 10.2 Å². The molecule has 10 rings (SSSR count). The number of anilines is 4. The van der Waals surface area contributed by atoms with Gasteiger partial charge >= 0.3 is 0 Å². The van der Waals surface area contributed by atoms with Crippen molar-refractivity contribution in [2.24, 2.45) is 16.2 Å². The maximum absolute atomic E-state index is 9.80. The zero-order chi connectivity index (χ0) is 39.6. The highest BCUT2D eigenvalue weighted by Gasteiger charge is 2.66. The van der Waals surface area contributed by atoms with Crippen molar-refractivity contribution in [2.75, 3.05) is 50.1 Å². The van der Waals surface area contributed by atoms with E-state index in [1.807, 2.05) is 30.6 Å². The Bertz CT molecular complexity index is 2200. The van der Waals surface area contributed by atoms with Crippen LogP contribution in [0.3, 0.4) is 0 Å². The molecule has 0 saturated heterocycles. The predicted molar refractivity (Wildman–Crippen MR) is 225 cm³/mol. The molecule has 1 aliphatic heterocycles. The number of aliphatic hydroxyl groups excluding tert-OH is 2. The van der Waals surface area contributed by atoms with Crippen molar-refractivity contribution < 1.29 is 14.9 Å². The van der Waals surface area contributed by atoms with Gasteiger partial charge in [-0.1, -0.05) is 37.3 Å². The maximum Gasteiger partial charge on any atom is 0.189 e. The minimum Gasteiger partial charge on any atom is -0.394 e. The van der Waals surface area contributed by atoms with Crippen LogP contribution in [0.1, 0.15) is 82.0 Å². The number of thiazole rings is 1. The second kappa shape index (κ2) is 14.7. The van der Waals surface area contributed by atoms with Crippen molar-refractivity contribution in [1.82, 2.24) is 34.8 Å². The van der Waals surface area contributed by atoms with Gasteiger partial charge in [0.15, 0.2) is 16.8 Å². The van der Waals surface area contributed by atoms with Crippen molar-refractivity contribution in [3.63, 3.8) is 0 Å². The molecule has 57 heavy (non-hydrogen) atoms. The third-order valence-electron chi connectivity index (χ3n) is 13.4. The number of para-hydroxylation sites is 1. The van der Waals surface area contributed by atoms with Crippen LogP contribution in [0.2, 0.25) is 0 Å². The number of aromatic nitrogens is 6. The summed E-state index contributed by atoms with van der Waals surface area (Å²) in [7, 11) is 2.07. The molecule has 0 radical (unpaired) electrons. The topological polar surface area (TPSA) is 138 Å². The highest BCUT2D eigenvalue weighted by atomic mass is 32.1. The van der Waals surface area contributed by atoms with E-state index in [2.05, 4.69) is 77.8 Å². The fourth-order valence-corrected chi connectivity index (χ4v) is 12.9. The quantitative estimate of drug-likeness (QED) is 0.103. The van der Waals surface area contributed by atoms with E-state index in [1.165, 1.54) is 30.5 Å². The molecular formula is C44H57N9O3S. The molecule has 13 heteroatoms. The Labute approximate surface area is 339 Å². The molecule has 4 aliphatic carbocycles. The lowest BCUT2D eigenvalue weighted by Crippen LogP contribution is -2.64. The van der Waals surface area contributed by atoms with Crippen LogP contribution in [0.4, 0.5) is 22.6 Å². The highest BCUT2D eigenvalue weighted by Crippen LogP contribution is 2.72. The van der Waals surface area contributed by atoms with E-state index in [0.29, 0.717) is 13.0 Å². The van der Waals surface area contributed by atoms with E-state index in [0.717, 1.165) is 108 Å². The Hall–Kier alpha value is -4.01. The molecule has 1 aromatic carbocycles. The molecule has 4 fully saturated rings. The van der Waals surface area contributed by atoms with Gasteiger partial charge in [0.05, 0.1) is 41.3 Å². The number of pyridine rings is 1. The fraction of sp³-hybridized carbons (Fsp3) is 0.568. The van der Waals surface area contributed by atoms with Gasteiger partial charge in [0.1, 0.15) is 5.82 Å². The summed E-state index contributed by atoms with van der Waals surface area (Å²) in [5.41, 5.74) is 7.18. The predicted octanol–water partition coefficient (Wildman–Crippen LogP) is 7.60. The Morgan fingerprint density at radius 3 is 2.54 bits per heavy atom. The smallest absolute Gasteiger partial charge is 0.189 e. The molecule has 12 nitrogen and oxygen atoms in total. The summed E-state index contributed by atoms with van der Waals surface area (Å²) in [6, 6.07) is 12.4. The lowest BCUT2D eigenvalue weighted by Gasteiger charge is -2.69. The summed E-state index contributed by atoms with van der Waals surface area (Å²) < 4.78 is 10.4. The summed E-state index contributed by atoms with van der Waals surface area (Å²) in [5, 5.41) is 37.7. The van der Waals surface area contributed by atoms with Crippen molar-refractivity contribution in [3.8, 4) is 11.1 Å². The fourth-order valence-electron chi connectivity index (χ4n) is 12.0. The Morgan fingerprint density at radius 2 is 1.79 bits per heavy atom. The standard InChI is InChI=1S/C44H57N9O3S/c1-29-33-9-8-15-52(39(33)50-49-38(29)48-40-47-35-10-6-7-11-36(35)57-40)37-13-12-31(19-45-37)34-20-46-53(30(34)2)28-43-23-41(3)22-42(4,24-43)26-44(25-41,27-43)56-18-17-51(5)16-14-32(55)21-54/h6-7,10-13,19-20,32,54-55H,8-9,14-18,21-28H2,1-5H3,(H,47,48,49)/t32-,41?,42?,43?,44?/m1/s1. The van der Waals surface area contributed by atoms with Gasteiger partial charge in [-0.15, -0.1) is 10.2 Å². The number of fused-ring (bicyclic) bond motifs is 2. The number of ether oxygens (including phenoxy) is 1. The number of nitrogens with zero attached hydrogens (tertiary/aromatic N) is 8. The first-order chi connectivity index (χ1) is 27.4. The SMILES string of the molecule is Cc1c(Nc2nc3ccccc3s2)nnc2c1CCCN2c1ccc(-c2cnn(CC34CC5(C)CC(C)(C3)CC(OCCN(C)CC[C@@H](O)CO)(C5)C4)c2C)cn1. The monoisotopic (exact) mass is 791 g/mol. The summed E-state index contributed by atoms with van der Waals surface area (Å²) in [5.74, 6) is 2.50. The number of hydrogen-bond donors (Lipinski definition) is 3. The van der Waals surface area contributed by atoms with Gasteiger partial charge in [-0.3, -0.25) is 4.68 Å². The van der Waals surface area contributed by atoms with Gasteiger partial charge in [0.25, 0.3) is 0 Å². The van der Waals surface area contributed by atoms with Crippen LogP contribution in [-0.2, 0) is 17.7 Å². The molecule has 5 aliphatic rings. The van der Waals surface area contributed by atoms with Crippen molar-refractivity contribution in [1.29, 1.82) is 0 Å². The second-order valence-corrected chi connectivity index (χ2v) is 19.7. The number of nitrogens with one attached hydrogen (secondary N) is 1. The van der Waals surface area contributed by atoms with Crippen LogP contribution in [0.25, 0.3) is 21.3 Å². The molecule has 302 valence electrons. The van der Waals surface area contributed by atoms with Gasteiger partial charge < -0.3 is 30.1 Å². The van der Waals surface area contributed by atoms with E-state index in [-0.39, 0.29) is 28.5 Å². The third-order valence-corrected chi connectivity index (χ3v) is 14.4. The first-order valence-corrected chi connectivity index (χ1v) is 21.5. The largest absolute Gasteiger partial charge is 0.394 e. The molecule has 4 saturated carbocycles. The minimum atomic E-state index is -0.662. The van der Waals surface area contributed by atoms with Crippen LogP contribution in [0.15, 0.2) is 48.8 Å². The van der Waals surface area contributed by atoms with Gasteiger partial charge in [0.2, 0.25) is 0 Å². The normalized spacial score (nSPS) is 27.1. The number of likely N-dealkylation sites (N-methyl/N-ethyl adjacent to an activating group) is 1. The molecule has 0 amide bonds. The molecule has 3 N–H and O–H groups in total. The minimum absolute atomic E-state index is 0.113. The van der Waals surface area contributed by atoms with Crippen LogP contribution in [-0.4, -0.2) is 96.7 Å². The van der Waals surface area contributed by atoms with Gasteiger partial charge in [-0.05, 0) is 119 Å². The Balaban J connectivity index is 0.892. The summed E-state index contributed by atoms with van der Waals surface area (Å²) in [6.45, 7) is 13.1. The zero-order valence-corrected chi connectivity index (χ0v) is 34.9. The molecule has 0 spiro atoms. The van der Waals surface area contributed by atoms with Crippen LogP contribution in [0.5, 0.6) is 0 Å². The van der Waals surface area contributed by atoms with E-state index in [1.54, 1.807) is 11.3 Å². The first kappa shape index (κ1) is 38.5. The average molecular weight is 792 g/mol. The highest BCUT2D eigenvalue weighted by molar-refractivity contribution is 7.22. The number of aliphatic hydroxyl groups is 2. The summed E-state index contributed by atoms with van der Waals surface area (Å²) in [6.07, 6.45) is 12.9. The van der Waals surface area contributed by atoms with Crippen LogP contribution >= 0.6 is 11.3 Å². The second-order valence-electron chi connectivity index (χ2n) is 18.7. The van der Waals surface area contributed by atoms with Crippen molar-refractivity contribution in [3.05, 3.63) is 65.6 Å². The average Bonchev–Trinajstić information content (AvgIpc) is 3.75. The van der Waals surface area contributed by atoms with Gasteiger partial charge in [-0.2, -0.15) is 5.10 Å². The third kappa shape index (κ3) is 7.46. The summed E-state index contributed by atoms with van der Waals surface area (Å²) >= 11 is 1.62. The van der Waals surface area contributed by atoms with E-state index in [9.17, 15) is 10.2 Å². The van der Waals surface area contributed by atoms with Gasteiger partial charge in [0, 0.05) is 60.3 Å². The molecule has 2 unspecified atom stereocenters. The number of benzene rings is 1. The van der Waals surface area contributed by atoms with E-state index in [4.69, 9.17) is 24.9 Å². The zero-order valence-electron chi connectivity index (χ0n) is 34.1. The molecular weight excluding hydrogens is 735 g/mol. The first-order valence-electron chi connectivity index (χ1n) is 20.7. The van der Waals surface area contributed by atoms with Crippen molar-refractivity contribution in [2.45, 2.75) is 104 Å². The summed E-state index contributed by atoms with van der Waals surface area (Å²) in [4.78, 5) is 14.1. The molecule has 4 bridgehead atoms. The molecule has 4 aromatic heterocycles. The van der Waals surface area contributed by atoms with E-state index >= 15 is 0 Å². The number of rotatable bonds is 14.